The van der Waals surface area contributed by atoms with Crippen molar-refractivity contribution in [2.45, 2.75) is 31.5 Å². The molecule has 0 radical (unpaired) electrons. The van der Waals surface area contributed by atoms with Gasteiger partial charge < -0.3 is 4.74 Å². The summed E-state index contributed by atoms with van der Waals surface area (Å²) in [6.45, 7) is 4.97. The van der Waals surface area contributed by atoms with Crippen molar-refractivity contribution in [2.75, 3.05) is 5.75 Å². The fourth-order valence-electron chi connectivity index (χ4n) is 1.69. The summed E-state index contributed by atoms with van der Waals surface area (Å²) >= 11 is 0. The Morgan fingerprint density at radius 3 is 2.45 bits per heavy atom. The van der Waals surface area contributed by atoms with E-state index >= 15 is 0 Å². The summed E-state index contributed by atoms with van der Waals surface area (Å²) in [6.07, 6.45) is 0. The van der Waals surface area contributed by atoms with Crippen LogP contribution in [0.4, 0.5) is 0 Å². The van der Waals surface area contributed by atoms with E-state index in [0.717, 1.165) is 4.68 Å². The molecule has 0 amide bonds. The molecule has 9 heteroatoms. The van der Waals surface area contributed by atoms with Gasteiger partial charge in [-0.1, -0.05) is 23.3 Å². The largest absolute Gasteiger partial charge is 0.459 e. The molecule has 0 aliphatic rings. The number of sulfone groups is 1. The summed E-state index contributed by atoms with van der Waals surface area (Å²) < 4.78 is 30.7. The molecule has 118 valence electrons. The molecule has 0 saturated carbocycles. The van der Waals surface area contributed by atoms with Crippen LogP contribution in [0.1, 0.15) is 20.8 Å². The van der Waals surface area contributed by atoms with Gasteiger partial charge in [-0.15, -0.1) is 0 Å². The number of rotatable bonds is 4. The molecule has 0 fully saturated rings. The highest BCUT2D eigenvalue weighted by Crippen LogP contribution is 2.14. The minimum absolute atomic E-state index is 0.399. The molecule has 0 unspecified atom stereocenters. The molecule has 0 aliphatic carbocycles. The average molecular weight is 324 g/mol. The molecule has 0 N–H and O–H groups in total. The lowest BCUT2D eigenvalue weighted by atomic mass is 10.2. The zero-order valence-electron chi connectivity index (χ0n) is 12.4. The highest BCUT2D eigenvalue weighted by molar-refractivity contribution is 7.91. The summed E-state index contributed by atoms with van der Waals surface area (Å²) in [5.74, 6) is -1.67. The summed E-state index contributed by atoms with van der Waals surface area (Å²) in [4.78, 5) is 11.7. The number of esters is 1. The SMILES string of the molecule is CC(C)(C)OC(=O)CS(=O)(=O)c1nnnn1-c1ccccc1. The average Bonchev–Trinajstić information content (AvgIpc) is 2.86. The lowest BCUT2D eigenvalue weighted by Crippen LogP contribution is -2.29. The number of para-hydroxylation sites is 1. The van der Waals surface area contributed by atoms with Gasteiger partial charge in [0.2, 0.25) is 9.84 Å². The van der Waals surface area contributed by atoms with Crippen LogP contribution in [0.15, 0.2) is 35.5 Å². The Morgan fingerprint density at radius 2 is 1.86 bits per heavy atom. The third-order valence-electron chi connectivity index (χ3n) is 2.45. The number of nitrogens with zero attached hydrogens (tertiary/aromatic N) is 4. The Bertz CT molecular complexity index is 763. The van der Waals surface area contributed by atoms with Gasteiger partial charge in [-0.05, 0) is 43.3 Å². The summed E-state index contributed by atoms with van der Waals surface area (Å²) in [5.41, 5.74) is -0.284. The topological polar surface area (TPSA) is 104 Å². The molecule has 2 rings (SSSR count). The monoisotopic (exact) mass is 324 g/mol. The maximum atomic E-state index is 12.3. The third-order valence-corrected chi connectivity index (χ3v) is 3.87. The van der Waals surface area contributed by atoms with Crippen molar-refractivity contribution in [3.05, 3.63) is 30.3 Å². The lowest BCUT2D eigenvalue weighted by molar-refractivity contribution is -0.151. The first-order chi connectivity index (χ1) is 10.2. The molecule has 0 saturated heterocycles. The van der Waals surface area contributed by atoms with Crippen molar-refractivity contribution in [1.29, 1.82) is 0 Å². The van der Waals surface area contributed by atoms with Crippen LogP contribution < -0.4 is 0 Å². The number of ether oxygens (including phenoxy) is 1. The Kier molecular flexibility index (Phi) is 4.27. The van der Waals surface area contributed by atoms with Gasteiger partial charge in [0.15, 0.2) is 5.75 Å². The predicted octanol–water partition coefficient (Wildman–Crippen LogP) is 0.778. The van der Waals surface area contributed by atoms with Crippen molar-refractivity contribution in [3.63, 3.8) is 0 Å². The van der Waals surface area contributed by atoms with E-state index in [-0.39, 0.29) is 0 Å². The van der Waals surface area contributed by atoms with Crippen molar-refractivity contribution < 1.29 is 17.9 Å². The van der Waals surface area contributed by atoms with Gasteiger partial charge in [-0.2, -0.15) is 4.68 Å². The van der Waals surface area contributed by atoms with Crippen LogP contribution in [0, 0.1) is 0 Å². The molecule has 8 nitrogen and oxygen atoms in total. The number of tetrazole rings is 1. The molecular weight excluding hydrogens is 308 g/mol. The summed E-state index contributed by atoms with van der Waals surface area (Å²) in [6, 6.07) is 8.54. The second-order valence-corrected chi connectivity index (χ2v) is 7.44. The maximum absolute atomic E-state index is 12.3. The predicted molar refractivity (Wildman–Crippen MR) is 77.1 cm³/mol. The van der Waals surface area contributed by atoms with E-state index in [4.69, 9.17) is 4.74 Å². The van der Waals surface area contributed by atoms with E-state index in [0.29, 0.717) is 5.69 Å². The normalized spacial score (nSPS) is 12.1. The maximum Gasteiger partial charge on any atom is 0.322 e. The molecule has 0 spiro atoms. The van der Waals surface area contributed by atoms with Gasteiger partial charge in [0, 0.05) is 0 Å². The number of carbonyl (C=O) groups excluding carboxylic acids is 1. The van der Waals surface area contributed by atoms with Crippen molar-refractivity contribution in [3.8, 4) is 5.69 Å². The molecule has 2 aromatic rings. The van der Waals surface area contributed by atoms with Gasteiger partial charge in [-0.25, -0.2) is 8.42 Å². The van der Waals surface area contributed by atoms with Crippen LogP contribution in [0.3, 0.4) is 0 Å². The van der Waals surface area contributed by atoms with Crippen LogP contribution in [0.25, 0.3) is 5.69 Å². The second kappa shape index (κ2) is 5.84. The Hall–Kier alpha value is -2.29. The van der Waals surface area contributed by atoms with E-state index in [2.05, 4.69) is 15.5 Å². The van der Waals surface area contributed by atoms with Crippen molar-refractivity contribution >= 4 is 15.8 Å². The Morgan fingerprint density at radius 1 is 1.23 bits per heavy atom. The molecule has 0 aliphatic heterocycles. The van der Waals surface area contributed by atoms with Gasteiger partial charge in [0.05, 0.1) is 5.69 Å². The van der Waals surface area contributed by atoms with E-state index in [1.54, 1.807) is 51.1 Å². The van der Waals surface area contributed by atoms with Crippen LogP contribution in [0.2, 0.25) is 0 Å². The quantitative estimate of drug-likeness (QED) is 0.765. The fourth-order valence-corrected chi connectivity index (χ4v) is 2.76. The highest BCUT2D eigenvalue weighted by atomic mass is 32.2. The highest BCUT2D eigenvalue weighted by Gasteiger charge is 2.29. The van der Waals surface area contributed by atoms with Gasteiger partial charge >= 0.3 is 5.97 Å². The van der Waals surface area contributed by atoms with Crippen molar-refractivity contribution in [2.24, 2.45) is 0 Å². The third kappa shape index (κ3) is 3.88. The first-order valence-electron chi connectivity index (χ1n) is 6.47. The molecule has 22 heavy (non-hydrogen) atoms. The first-order valence-corrected chi connectivity index (χ1v) is 8.13. The van der Waals surface area contributed by atoms with Crippen molar-refractivity contribution in [1.82, 2.24) is 20.2 Å². The summed E-state index contributed by atoms with van der Waals surface area (Å²) in [7, 11) is -4.02. The molecular formula is C13H16N4O4S. The minimum atomic E-state index is -4.02. The lowest BCUT2D eigenvalue weighted by Gasteiger charge is -2.19. The van der Waals surface area contributed by atoms with E-state index in [1.165, 1.54) is 0 Å². The molecule has 0 bridgehead atoms. The number of carbonyl (C=O) groups is 1. The number of hydrogen-bond acceptors (Lipinski definition) is 7. The number of benzene rings is 1. The molecule has 1 heterocycles. The standard InChI is InChI=1S/C13H16N4O4S/c1-13(2,3)21-11(18)9-22(19,20)12-14-15-16-17(12)10-7-5-4-6-8-10/h4-8H,9H2,1-3H3. The van der Waals surface area contributed by atoms with Crippen LogP contribution >= 0.6 is 0 Å². The van der Waals surface area contributed by atoms with Gasteiger partial charge in [0.1, 0.15) is 5.60 Å². The van der Waals surface area contributed by atoms with E-state index < -0.39 is 32.3 Å². The van der Waals surface area contributed by atoms with Gasteiger partial charge in [0.25, 0.3) is 5.16 Å². The summed E-state index contributed by atoms with van der Waals surface area (Å²) in [5, 5.41) is 10.2. The molecule has 1 aromatic carbocycles. The van der Waals surface area contributed by atoms with E-state index in [9.17, 15) is 13.2 Å². The second-order valence-electron chi connectivity index (χ2n) is 5.55. The number of aromatic nitrogens is 4. The first kappa shape index (κ1) is 16.1. The molecule has 0 atom stereocenters. The Labute approximate surface area is 128 Å². The zero-order chi connectivity index (χ0) is 16.4. The zero-order valence-corrected chi connectivity index (χ0v) is 13.2. The number of hydrogen-bond donors (Lipinski definition) is 0. The van der Waals surface area contributed by atoms with Crippen LogP contribution in [0.5, 0.6) is 0 Å². The smallest absolute Gasteiger partial charge is 0.322 e. The fraction of sp³-hybridized carbons (Fsp3) is 0.385. The van der Waals surface area contributed by atoms with Crippen LogP contribution in [-0.2, 0) is 19.4 Å². The molecule has 1 aromatic heterocycles. The Balaban J connectivity index is 2.29. The van der Waals surface area contributed by atoms with Gasteiger partial charge in [-0.3, -0.25) is 4.79 Å². The van der Waals surface area contributed by atoms with Crippen LogP contribution in [-0.4, -0.2) is 45.9 Å². The van der Waals surface area contributed by atoms with E-state index in [1.807, 2.05) is 0 Å². The minimum Gasteiger partial charge on any atom is -0.459 e.